The molecule has 0 aliphatic rings. The van der Waals surface area contributed by atoms with Crippen molar-refractivity contribution in [1.82, 2.24) is 9.62 Å². The highest BCUT2D eigenvalue weighted by molar-refractivity contribution is 7.88. The number of rotatable bonds is 6. The van der Waals surface area contributed by atoms with Crippen molar-refractivity contribution in [3.05, 3.63) is 23.8 Å². The number of hydrogen-bond donors (Lipinski definition) is 3. The zero-order chi connectivity index (χ0) is 15.3. The number of nitrogens with zero attached hydrogens (tertiary/aromatic N) is 1. The second-order valence-corrected chi connectivity index (χ2v) is 6.43. The number of sulfonamides is 1. The SMILES string of the molecule is CN(C)C(=O)c1ccc(NCCNS(C)(=O)=O)c(N)c1. The van der Waals surface area contributed by atoms with E-state index in [1.54, 1.807) is 32.3 Å². The van der Waals surface area contributed by atoms with Crippen molar-refractivity contribution in [2.24, 2.45) is 0 Å². The predicted molar refractivity (Wildman–Crippen MR) is 80.2 cm³/mol. The second-order valence-electron chi connectivity index (χ2n) is 4.59. The Bertz CT molecular complexity index is 584. The number of nitrogens with two attached hydrogens (primary N) is 1. The van der Waals surface area contributed by atoms with Crippen LogP contribution in [0.25, 0.3) is 0 Å². The number of nitrogen functional groups attached to an aromatic ring is 1. The highest BCUT2D eigenvalue weighted by Crippen LogP contribution is 2.20. The summed E-state index contributed by atoms with van der Waals surface area (Å²) in [6.07, 6.45) is 1.10. The lowest BCUT2D eigenvalue weighted by Crippen LogP contribution is -2.27. The van der Waals surface area contributed by atoms with Gasteiger partial charge in [-0.05, 0) is 18.2 Å². The molecule has 0 spiro atoms. The topological polar surface area (TPSA) is 105 Å². The minimum absolute atomic E-state index is 0.123. The molecule has 0 aliphatic heterocycles. The van der Waals surface area contributed by atoms with E-state index in [1.165, 1.54) is 4.90 Å². The molecule has 0 aliphatic carbocycles. The fourth-order valence-corrected chi connectivity index (χ4v) is 2.02. The molecule has 0 saturated carbocycles. The molecule has 1 rings (SSSR count). The van der Waals surface area contributed by atoms with Crippen molar-refractivity contribution in [1.29, 1.82) is 0 Å². The predicted octanol–water partition coefficient (Wildman–Crippen LogP) is -0.0683. The van der Waals surface area contributed by atoms with Crippen molar-refractivity contribution in [3.8, 4) is 0 Å². The third kappa shape index (κ3) is 5.06. The third-order valence-electron chi connectivity index (χ3n) is 2.51. The van der Waals surface area contributed by atoms with Gasteiger partial charge in [-0.25, -0.2) is 13.1 Å². The van der Waals surface area contributed by atoms with Gasteiger partial charge < -0.3 is 16.0 Å². The van der Waals surface area contributed by atoms with Gasteiger partial charge >= 0.3 is 0 Å². The van der Waals surface area contributed by atoms with Crippen LogP contribution in [0.2, 0.25) is 0 Å². The van der Waals surface area contributed by atoms with Crippen molar-refractivity contribution in [2.75, 3.05) is 44.5 Å². The van der Waals surface area contributed by atoms with Crippen molar-refractivity contribution >= 4 is 27.3 Å². The molecule has 20 heavy (non-hydrogen) atoms. The van der Waals surface area contributed by atoms with Crippen LogP contribution >= 0.6 is 0 Å². The molecule has 0 heterocycles. The van der Waals surface area contributed by atoms with Crippen LogP contribution in [0.15, 0.2) is 18.2 Å². The van der Waals surface area contributed by atoms with Gasteiger partial charge in [-0.15, -0.1) is 0 Å². The van der Waals surface area contributed by atoms with E-state index in [0.717, 1.165) is 6.26 Å². The molecule has 7 nitrogen and oxygen atoms in total. The molecular formula is C12H20N4O3S. The lowest BCUT2D eigenvalue weighted by Gasteiger charge is -2.13. The van der Waals surface area contributed by atoms with Crippen LogP contribution in [-0.4, -0.2) is 52.7 Å². The largest absolute Gasteiger partial charge is 0.397 e. The summed E-state index contributed by atoms with van der Waals surface area (Å²) in [7, 11) is 0.149. The van der Waals surface area contributed by atoms with Crippen LogP contribution in [0, 0.1) is 0 Å². The summed E-state index contributed by atoms with van der Waals surface area (Å²) in [6, 6.07) is 4.96. The van der Waals surface area contributed by atoms with Crippen LogP contribution in [0.5, 0.6) is 0 Å². The lowest BCUT2D eigenvalue weighted by molar-refractivity contribution is 0.0827. The van der Waals surface area contributed by atoms with Crippen LogP contribution in [-0.2, 0) is 10.0 Å². The van der Waals surface area contributed by atoms with Gasteiger partial charge in [0, 0.05) is 32.7 Å². The third-order valence-corrected chi connectivity index (χ3v) is 3.24. The maximum Gasteiger partial charge on any atom is 0.253 e. The normalized spacial score (nSPS) is 11.2. The average molecular weight is 300 g/mol. The van der Waals surface area contributed by atoms with Gasteiger partial charge in [-0.3, -0.25) is 4.79 Å². The second kappa shape index (κ2) is 6.58. The maximum atomic E-state index is 11.8. The van der Waals surface area contributed by atoms with E-state index in [-0.39, 0.29) is 12.5 Å². The number of benzene rings is 1. The van der Waals surface area contributed by atoms with Crippen LogP contribution < -0.4 is 15.8 Å². The van der Waals surface area contributed by atoms with Crippen LogP contribution in [0.4, 0.5) is 11.4 Å². The number of anilines is 2. The van der Waals surface area contributed by atoms with Gasteiger partial charge in [0.1, 0.15) is 0 Å². The standard InChI is InChI=1S/C12H20N4O3S/c1-16(2)12(17)9-4-5-11(10(13)8-9)14-6-7-15-20(3,18)19/h4-5,8,14-15H,6-7,13H2,1-3H3. The van der Waals surface area contributed by atoms with Gasteiger partial charge in [0.15, 0.2) is 0 Å². The number of hydrogen-bond acceptors (Lipinski definition) is 5. The number of nitrogens with one attached hydrogen (secondary N) is 2. The Balaban J connectivity index is 2.63. The molecule has 1 aromatic carbocycles. The van der Waals surface area contributed by atoms with E-state index in [0.29, 0.717) is 23.5 Å². The lowest BCUT2D eigenvalue weighted by atomic mass is 10.1. The molecule has 0 atom stereocenters. The molecule has 0 saturated heterocycles. The molecule has 0 fully saturated rings. The van der Waals surface area contributed by atoms with E-state index in [1.807, 2.05) is 0 Å². The molecule has 1 amide bonds. The van der Waals surface area contributed by atoms with Gasteiger partial charge in [-0.2, -0.15) is 0 Å². The summed E-state index contributed by atoms with van der Waals surface area (Å²) in [5.41, 5.74) is 7.47. The summed E-state index contributed by atoms with van der Waals surface area (Å²) < 4.78 is 24.1. The molecule has 8 heteroatoms. The molecule has 4 N–H and O–H groups in total. The van der Waals surface area contributed by atoms with Crippen molar-refractivity contribution in [3.63, 3.8) is 0 Å². The minimum Gasteiger partial charge on any atom is -0.397 e. The highest BCUT2D eigenvalue weighted by Gasteiger charge is 2.09. The Hall–Kier alpha value is -1.80. The summed E-state index contributed by atoms with van der Waals surface area (Å²) in [5.74, 6) is -0.123. The zero-order valence-corrected chi connectivity index (χ0v) is 12.6. The first-order chi connectivity index (χ1) is 9.20. The van der Waals surface area contributed by atoms with E-state index >= 15 is 0 Å². The molecule has 0 aromatic heterocycles. The quantitative estimate of drug-likeness (QED) is 0.504. The van der Waals surface area contributed by atoms with Gasteiger partial charge in [0.05, 0.1) is 17.6 Å². The Kier molecular flexibility index (Phi) is 5.34. The summed E-state index contributed by atoms with van der Waals surface area (Å²) in [6.45, 7) is 0.662. The summed E-state index contributed by atoms with van der Waals surface area (Å²) >= 11 is 0. The Labute approximate surface area is 119 Å². The monoisotopic (exact) mass is 300 g/mol. The highest BCUT2D eigenvalue weighted by atomic mass is 32.2. The Morgan fingerprint density at radius 2 is 1.95 bits per heavy atom. The average Bonchev–Trinajstić information content (AvgIpc) is 2.33. The van der Waals surface area contributed by atoms with E-state index in [4.69, 9.17) is 5.73 Å². The minimum atomic E-state index is -3.19. The summed E-state index contributed by atoms with van der Waals surface area (Å²) in [5, 5.41) is 3.00. The van der Waals surface area contributed by atoms with Gasteiger partial charge in [0.2, 0.25) is 10.0 Å². The first-order valence-corrected chi connectivity index (χ1v) is 7.89. The van der Waals surface area contributed by atoms with Crippen LogP contribution in [0.3, 0.4) is 0 Å². The Morgan fingerprint density at radius 3 is 2.45 bits per heavy atom. The van der Waals surface area contributed by atoms with E-state index < -0.39 is 10.0 Å². The fraction of sp³-hybridized carbons (Fsp3) is 0.417. The summed E-state index contributed by atoms with van der Waals surface area (Å²) in [4.78, 5) is 13.2. The maximum absolute atomic E-state index is 11.8. The Morgan fingerprint density at radius 1 is 1.30 bits per heavy atom. The smallest absolute Gasteiger partial charge is 0.253 e. The van der Waals surface area contributed by atoms with Crippen molar-refractivity contribution < 1.29 is 13.2 Å². The van der Waals surface area contributed by atoms with E-state index in [9.17, 15) is 13.2 Å². The first-order valence-electron chi connectivity index (χ1n) is 6.00. The van der Waals surface area contributed by atoms with Crippen molar-refractivity contribution in [2.45, 2.75) is 0 Å². The molecule has 0 radical (unpaired) electrons. The van der Waals surface area contributed by atoms with Gasteiger partial charge in [-0.1, -0.05) is 0 Å². The van der Waals surface area contributed by atoms with Gasteiger partial charge in [0.25, 0.3) is 5.91 Å². The number of carbonyl (C=O) groups is 1. The number of amides is 1. The molecule has 1 aromatic rings. The first kappa shape index (κ1) is 16.3. The molecular weight excluding hydrogens is 280 g/mol. The zero-order valence-electron chi connectivity index (χ0n) is 11.8. The molecule has 0 bridgehead atoms. The number of carbonyl (C=O) groups excluding carboxylic acids is 1. The van der Waals surface area contributed by atoms with Crippen LogP contribution in [0.1, 0.15) is 10.4 Å². The molecule has 112 valence electrons. The molecule has 0 unspecified atom stereocenters. The fourth-order valence-electron chi connectivity index (χ4n) is 1.55. The van der Waals surface area contributed by atoms with E-state index in [2.05, 4.69) is 10.0 Å².